The van der Waals surface area contributed by atoms with Crippen LogP contribution in [0.4, 0.5) is 0 Å². The molecule has 0 saturated heterocycles. The lowest BCUT2D eigenvalue weighted by atomic mass is 10.0. The van der Waals surface area contributed by atoms with Crippen LogP contribution in [0.3, 0.4) is 0 Å². The molecule has 92 heavy (non-hydrogen) atoms. The minimum atomic E-state index is -4.95. The molecular formula is C73H142O17P2. The molecule has 0 aliphatic heterocycles. The zero-order valence-electron chi connectivity index (χ0n) is 59.9. The molecule has 546 valence electrons. The van der Waals surface area contributed by atoms with Gasteiger partial charge in [0, 0.05) is 25.7 Å². The first-order chi connectivity index (χ1) is 44.4. The van der Waals surface area contributed by atoms with E-state index in [0.29, 0.717) is 25.7 Å². The van der Waals surface area contributed by atoms with Crippen molar-refractivity contribution in [2.45, 2.75) is 394 Å². The van der Waals surface area contributed by atoms with E-state index in [1.807, 2.05) is 0 Å². The Bertz CT molecular complexity index is 1790. The molecule has 3 N–H and O–H groups in total. The molecule has 0 saturated carbocycles. The smallest absolute Gasteiger partial charge is 0.462 e. The Morgan fingerprint density at radius 3 is 0.739 bits per heavy atom. The molecule has 17 nitrogen and oxygen atoms in total. The summed E-state index contributed by atoms with van der Waals surface area (Å²) < 4.78 is 68.4. The molecule has 19 heteroatoms. The lowest BCUT2D eigenvalue weighted by molar-refractivity contribution is -0.161. The number of aliphatic hydroxyl groups is 1. The van der Waals surface area contributed by atoms with Crippen LogP contribution in [0.25, 0.3) is 0 Å². The van der Waals surface area contributed by atoms with Crippen LogP contribution in [0, 0.1) is 11.8 Å². The van der Waals surface area contributed by atoms with Gasteiger partial charge in [-0.15, -0.1) is 0 Å². The van der Waals surface area contributed by atoms with Gasteiger partial charge in [0.05, 0.1) is 26.4 Å². The minimum absolute atomic E-state index is 0.107. The molecular weight excluding hydrogens is 1210 g/mol. The third-order valence-corrected chi connectivity index (χ3v) is 18.9. The van der Waals surface area contributed by atoms with Crippen molar-refractivity contribution in [3.8, 4) is 0 Å². The van der Waals surface area contributed by atoms with Gasteiger partial charge in [0.1, 0.15) is 19.3 Å². The molecule has 0 radical (unpaired) electrons. The molecule has 0 heterocycles. The van der Waals surface area contributed by atoms with Crippen molar-refractivity contribution in [1.82, 2.24) is 0 Å². The van der Waals surface area contributed by atoms with Crippen molar-refractivity contribution >= 4 is 39.5 Å². The van der Waals surface area contributed by atoms with Gasteiger partial charge in [-0.2, -0.15) is 0 Å². The Morgan fingerprint density at radius 1 is 0.293 bits per heavy atom. The van der Waals surface area contributed by atoms with Crippen LogP contribution in [0.15, 0.2) is 0 Å². The summed E-state index contributed by atoms with van der Waals surface area (Å²) in [5, 5.41) is 10.6. The van der Waals surface area contributed by atoms with E-state index in [9.17, 15) is 43.2 Å². The fraction of sp³-hybridized carbons (Fsp3) is 0.945. The molecule has 0 aliphatic carbocycles. The number of rotatable bonds is 72. The summed E-state index contributed by atoms with van der Waals surface area (Å²) in [6.07, 6.45) is 51.2. The van der Waals surface area contributed by atoms with E-state index < -0.39 is 97.5 Å². The summed E-state index contributed by atoms with van der Waals surface area (Å²) in [5.41, 5.74) is 0. The van der Waals surface area contributed by atoms with Crippen molar-refractivity contribution < 1.29 is 80.2 Å². The van der Waals surface area contributed by atoms with Crippen LogP contribution in [-0.4, -0.2) is 96.7 Å². The highest BCUT2D eigenvalue weighted by atomic mass is 31.2. The van der Waals surface area contributed by atoms with Crippen LogP contribution < -0.4 is 0 Å². The molecule has 0 aromatic rings. The second-order valence-electron chi connectivity index (χ2n) is 27.3. The Balaban J connectivity index is 5.26. The molecule has 0 amide bonds. The molecule has 0 fully saturated rings. The summed E-state index contributed by atoms with van der Waals surface area (Å²) >= 11 is 0. The number of ether oxygens (including phenoxy) is 4. The van der Waals surface area contributed by atoms with Gasteiger partial charge in [-0.3, -0.25) is 37.3 Å². The first-order valence-electron chi connectivity index (χ1n) is 38.0. The third-order valence-electron chi connectivity index (χ3n) is 17.0. The fourth-order valence-electron chi connectivity index (χ4n) is 11.1. The lowest BCUT2D eigenvalue weighted by Gasteiger charge is -2.21. The Morgan fingerprint density at radius 2 is 0.500 bits per heavy atom. The van der Waals surface area contributed by atoms with E-state index >= 15 is 0 Å². The lowest BCUT2D eigenvalue weighted by Crippen LogP contribution is -2.30. The molecule has 0 spiro atoms. The van der Waals surface area contributed by atoms with Crippen molar-refractivity contribution in [3.63, 3.8) is 0 Å². The average molecular weight is 1350 g/mol. The SMILES string of the molecule is CCCCCCCCCCCCCCCCC(=O)OC[C@H](COP(=O)(O)OC[C@@H](O)COP(=O)(O)OC[C@@H](COC(=O)CCCCCCCCCCC(C)C)OC(=O)CCCCCCCCCCCCCC)OC(=O)CCCCCCCCCCCCCCC(C)C. The first kappa shape index (κ1) is 90.1. The topological polar surface area (TPSA) is 237 Å². The highest BCUT2D eigenvalue weighted by Gasteiger charge is 2.30. The monoisotopic (exact) mass is 1350 g/mol. The van der Waals surface area contributed by atoms with E-state index in [0.717, 1.165) is 102 Å². The quantitative estimate of drug-likeness (QED) is 0.0222. The largest absolute Gasteiger partial charge is 0.472 e. The average Bonchev–Trinajstić information content (AvgIpc) is 2.31. The van der Waals surface area contributed by atoms with E-state index in [-0.39, 0.29) is 25.7 Å². The van der Waals surface area contributed by atoms with E-state index in [2.05, 4.69) is 41.5 Å². The standard InChI is InChI=1S/C73H142O17P2/c1-7-9-11-13-15-17-19-21-22-27-30-37-43-49-55-70(75)83-61-68(89-73(78)58-52-46-40-32-28-24-23-25-29-35-41-47-53-65(3)4)63-87-91(79,80)85-59-67(74)60-86-92(81,82)88-64-69(62-84-71(76)56-50-44-38-34-33-36-42-48-54-66(5)6)90-72(77)57-51-45-39-31-26-20-18-16-14-12-10-8-2/h65-69,74H,7-64H2,1-6H3,(H,79,80)(H,81,82)/t67-,68-,69-/m1/s1. The van der Waals surface area contributed by atoms with E-state index in [1.165, 1.54) is 193 Å². The number of carbonyl (C=O) groups is 4. The predicted molar refractivity (Wildman–Crippen MR) is 372 cm³/mol. The van der Waals surface area contributed by atoms with Gasteiger partial charge in [0.25, 0.3) is 0 Å². The Kier molecular flexibility index (Phi) is 63.7. The van der Waals surface area contributed by atoms with Crippen LogP contribution in [0.1, 0.15) is 375 Å². The van der Waals surface area contributed by atoms with Gasteiger partial charge >= 0.3 is 39.5 Å². The van der Waals surface area contributed by atoms with Crippen molar-refractivity contribution in [3.05, 3.63) is 0 Å². The minimum Gasteiger partial charge on any atom is -0.462 e. The zero-order chi connectivity index (χ0) is 67.9. The van der Waals surface area contributed by atoms with Crippen molar-refractivity contribution in [1.29, 1.82) is 0 Å². The van der Waals surface area contributed by atoms with Crippen LogP contribution in [-0.2, 0) is 65.4 Å². The Hall–Kier alpha value is -1.94. The second-order valence-corrected chi connectivity index (χ2v) is 30.2. The molecule has 0 aliphatic rings. The summed E-state index contributed by atoms with van der Waals surface area (Å²) in [4.78, 5) is 72.7. The maximum atomic E-state index is 13.1. The molecule has 0 aromatic carbocycles. The molecule has 5 atom stereocenters. The van der Waals surface area contributed by atoms with Gasteiger partial charge in [0.15, 0.2) is 12.2 Å². The maximum absolute atomic E-state index is 13.1. The number of unbranched alkanes of at least 4 members (excludes halogenated alkanes) is 42. The van der Waals surface area contributed by atoms with Crippen molar-refractivity contribution in [2.24, 2.45) is 11.8 Å². The maximum Gasteiger partial charge on any atom is 0.472 e. The highest BCUT2D eigenvalue weighted by Crippen LogP contribution is 2.45. The number of esters is 4. The number of phosphoric acid groups is 2. The van der Waals surface area contributed by atoms with Gasteiger partial charge in [-0.1, -0.05) is 324 Å². The predicted octanol–water partition coefficient (Wildman–Crippen LogP) is 21.2. The molecule has 0 rings (SSSR count). The number of aliphatic hydroxyl groups excluding tert-OH is 1. The number of carbonyl (C=O) groups excluding carboxylic acids is 4. The first-order valence-corrected chi connectivity index (χ1v) is 41.0. The van der Waals surface area contributed by atoms with E-state index in [1.54, 1.807) is 0 Å². The van der Waals surface area contributed by atoms with Gasteiger partial charge in [0.2, 0.25) is 0 Å². The van der Waals surface area contributed by atoms with Crippen LogP contribution >= 0.6 is 15.6 Å². The van der Waals surface area contributed by atoms with Gasteiger partial charge in [-0.05, 0) is 37.5 Å². The number of phosphoric ester groups is 2. The highest BCUT2D eigenvalue weighted by molar-refractivity contribution is 7.47. The second kappa shape index (κ2) is 65.0. The van der Waals surface area contributed by atoms with Gasteiger partial charge in [-0.25, -0.2) is 9.13 Å². The molecule has 0 aromatic heterocycles. The normalized spacial score (nSPS) is 14.1. The van der Waals surface area contributed by atoms with Crippen LogP contribution in [0.5, 0.6) is 0 Å². The fourth-order valence-corrected chi connectivity index (χ4v) is 12.7. The number of hydrogen-bond acceptors (Lipinski definition) is 15. The van der Waals surface area contributed by atoms with Crippen molar-refractivity contribution in [2.75, 3.05) is 39.6 Å². The van der Waals surface area contributed by atoms with Crippen LogP contribution in [0.2, 0.25) is 0 Å². The summed E-state index contributed by atoms with van der Waals surface area (Å²) in [6, 6.07) is 0. The summed E-state index contributed by atoms with van der Waals surface area (Å²) in [5.74, 6) is -0.615. The molecule has 2 unspecified atom stereocenters. The Labute approximate surface area is 562 Å². The van der Waals surface area contributed by atoms with E-state index in [4.69, 9.17) is 37.0 Å². The molecule has 0 bridgehead atoms. The summed E-state index contributed by atoms with van der Waals surface area (Å²) in [6.45, 7) is 9.55. The third kappa shape index (κ3) is 66.7. The van der Waals surface area contributed by atoms with Gasteiger partial charge < -0.3 is 33.8 Å². The zero-order valence-corrected chi connectivity index (χ0v) is 61.6. The number of hydrogen-bond donors (Lipinski definition) is 3. The summed E-state index contributed by atoms with van der Waals surface area (Å²) in [7, 11) is -9.91.